The topological polar surface area (TPSA) is 66.4 Å². The zero-order chi connectivity index (χ0) is 20.0. The number of hydrogen-bond donors (Lipinski definition) is 2. The average Bonchev–Trinajstić information content (AvgIpc) is 2.61. The number of hydrogen-bond acceptors (Lipinski definition) is 2. The van der Waals surface area contributed by atoms with Gasteiger partial charge in [-0.3, -0.25) is 9.59 Å². The summed E-state index contributed by atoms with van der Waals surface area (Å²) in [6, 6.07) is -0.846. The van der Waals surface area contributed by atoms with Crippen LogP contribution in [0, 0.1) is 28.1 Å². The Labute approximate surface area is 163 Å². The van der Waals surface area contributed by atoms with Crippen LogP contribution < -0.4 is 5.32 Å². The molecule has 27 heavy (non-hydrogen) atoms. The van der Waals surface area contributed by atoms with E-state index in [2.05, 4.69) is 44.8 Å². The van der Waals surface area contributed by atoms with Crippen molar-refractivity contribution in [1.82, 2.24) is 5.32 Å². The van der Waals surface area contributed by atoms with Crippen LogP contribution in [0.2, 0.25) is 0 Å². The summed E-state index contributed by atoms with van der Waals surface area (Å²) in [5.74, 6) is -0.200. The highest BCUT2D eigenvalue weighted by atomic mass is 16.4. The van der Waals surface area contributed by atoms with Crippen molar-refractivity contribution >= 4 is 11.9 Å². The lowest BCUT2D eigenvalue weighted by molar-refractivity contribution is -0.148. The molecule has 2 saturated carbocycles. The molecule has 2 N–H and O–H groups in total. The maximum atomic E-state index is 13.1. The number of aliphatic carboxylic acids is 1. The molecular formula is C23H35NO3. The molecule has 150 valence electrons. The van der Waals surface area contributed by atoms with Crippen molar-refractivity contribution in [2.45, 2.75) is 78.7 Å². The van der Waals surface area contributed by atoms with Gasteiger partial charge < -0.3 is 10.4 Å². The van der Waals surface area contributed by atoms with E-state index in [1.165, 1.54) is 0 Å². The van der Waals surface area contributed by atoms with E-state index in [9.17, 15) is 14.7 Å². The van der Waals surface area contributed by atoms with Crippen molar-refractivity contribution in [2.24, 2.45) is 28.1 Å². The molecule has 0 bridgehead atoms. The van der Waals surface area contributed by atoms with Gasteiger partial charge in [0, 0.05) is 0 Å². The van der Waals surface area contributed by atoms with Gasteiger partial charge in [-0.25, -0.2) is 0 Å². The number of fused-ring (bicyclic) bond motifs is 3. The number of carbonyl (C=O) groups excluding carboxylic acids is 1. The summed E-state index contributed by atoms with van der Waals surface area (Å²) in [7, 11) is 0. The maximum absolute atomic E-state index is 13.1. The molecule has 4 nitrogen and oxygen atoms in total. The van der Waals surface area contributed by atoms with Gasteiger partial charge in [0.1, 0.15) is 6.04 Å². The largest absolute Gasteiger partial charge is 0.480 e. The normalized spacial score (nSPS) is 42.1. The zero-order valence-electron chi connectivity index (χ0n) is 17.3. The van der Waals surface area contributed by atoms with Crippen LogP contribution in [0.15, 0.2) is 24.3 Å². The number of allylic oxidation sites excluding steroid dienone is 3. The third kappa shape index (κ3) is 3.25. The molecule has 3 aliphatic carbocycles. The first kappa shape index (κ1) is 20.2. The summed E-state index contributed by atoms with van der Waals surface area (Å²) in [6.45, 7) is 12.3. The summed E-state index contributed by atoms with van der Waals surface area (Å²) in [6.07, 6.45) is 11.9. The second-order valence-electron chi connectivity index (χ2n) is 9.97. The third-order valence-corrected chi connectivity index (χ3v) is 8.06. The van der Waals surface area contributed by atoms with Crippen LogP contribution in [0.5, 0.6) is 0 Å². The smallest absolute Gasteiger partial charge is 0.325 e. The van der Waals surface area contributed by atoms with Crippen LogP contribution in [-0.4, -0.2) is 23.0 Å². The van der Waals surface area contributed by atoms with E-state index in [0.717, 1.165) is 44.9 Å². The van der Waals surface area contributed by atoms with Crippen LogP contribution in [-0.2, 0) is 9.59 Å². The molecule has 6 atom stereocenters. The summed E-state index contributed by atoms with van der Waals surface area (Å²) >= 11 is 0. The number of carboxylic acid groups (broad SMARTS) is 1. The molecule has 0 heterocycles. The lowest BCUT2D eigenvalue weighted by atomic mass is 9.46. The summed E-state index contributed by atoms with van der Waals surface area (Å²) in [4.78, 5) is 24.3. The fraction of sp³-hybridized carbons (Fsp3) is 0.739. The van der Waals surface area contributed by atoms with Gasteiger partial charge in [0.25, 0.3) is 0 Å². The lowest BCUT2D eigenvalue weighted by Crippen LogP contribution is -2.57. The molecule has 0 spiro atoms. The molecule has 2 unspecified atom stereocenters. The molecule has 3 rings (SSSR count). The van der Waals surface area contributed by atoms with Gasteiger partial charge in [0.15, 0.2) is 0 Å². The van der Waals surface area contributed by atoms with Gasteiger partial charge in [-0.15, -0.1) is 6.58 Å². The van der Waals surface area contributed by atoms with E-state index < -0.39 is 17.4 Å². The first-order valence-corrected chi connectivity index (χ1v) is 10.4. The second-order valence-corrected chi connectivity index (χ2v) is 9.97. The van der Waals surface area contributed by atoms with Crippen molar-refractivity contribution in [3.8, 4) is 0 Å². The Morgan fingerprint density at radius 3 is 2.63 bits per heavy atom. The summed E-state index contributed by atoms with van der Waals surface area (Å²) in [5.41, 5.74) is 1.29. The highest BCUT2D eigenvalue weighted by Crippen LogP contribution is 2.63. The maximum Gasteiger partial charge on any atom is 0.325 e. The quantitative estimate of drug-likeness (QED) is 0.701. The molecule has 0 aromatic carbocycles. The molecule has 0 aromatic rings. The SMILES string of the molecule is C=C[C@@]1(C)CC=C2C(CCC3[C@](C)(C(=O)N[C@H](C)C(=O)O)CCC[C@@]23C)C1. The van der Waals surface area contributed by atoms with E-state index >= 15 is 0 Å². The first-order chi connectivity index (χ1) is 12.6. The molecule has 4 heteroatoms. The first-order valence-electron chi connectivity index (χ1n) is 10.4. The van der Waals surface area contributed by atoms with E-state index in [-0.39, 0.29) is 22.7 Å². The minimum Gasteiger partial charge on any atom is -0.480 e. The van der Waals surface area contributed by atoms with Gasteiger partial charge in [-0.1, -0.05) is 44.9 Å². The van der Waals surface area contributed by atoms with Gasteiger partial charge in [-0.2, -0.15) is 0 Å². The van der Waals surface area contributed by atoms with Crippen molar-refractivity contribution in [1.29, 1.82) is 0 Å². The molecule has 2 fully saturated rings. The molecule has 3 aliphatic rings. The zero-order valence-corrected chi connectivity index (χ0v) is 17.3. The number of carboxylic acids is 1. The predicted octanol–water partition coefficient (Wildman–Crippen LogP) is 4.71. The van der Waals surface area contributed by atoms with Crippen LogP contribution in [0.4, 0.5) is 0 Å². The van der Waals surface area contributed by atoms with Gasteiger partial charge in [-0.05, 0) is 68.1 Å². The Hall–Kier alpha value is -1.58. The Balaban J connectivity index is 1.90. The van der Waals surface area contributed by atoms with E-state index in [4.69, 9.17) is 0 Å². The summed E-state index contributed by atoms with van der Waals surface area (Å²) in [5, 5.41) is 12.0. The van der Waals surface area contributed by atoms with E-state index in [0.29, 0.717) is 5.92 Å². The Bertz CT molecular complexity index is 683. The van der Waals surface area contributed by atoms with Crippen LogP contribution in [0.25, 0.3) is 0 Å². The molecule has 0 aliphatic heterocycles. The number of carbonyl (C=O) groups is 2. The van der Waals surface area contributed by atoms with Crippen LogP contribution >= 0.6 is 0 Å². The predicted molar refractivity (Wildman–Crippen MR) is 107 cm³/mol. The number of amides is 1. The monoisotopic (exact) mass is 373 g/mol. The molecular weight excluding hydrogens is 338 g/mol. The van der Waals surface area contributed by atoms with Crippen molar-refractivity contribution in [3.63, 3.8) is 0 Å². The second kappa shape index (κ2) is 6.79. The highest BCUT2D eigenvalue weighted by Gasteiger charge is 2.57. The van der Waals surface area contributed by atoms with Crippen molar-refractivity contribution < 1.29 is 14.7 Å². The molecule has 0 aromatic heterocycles. The molecule has 0 saturated heterocycles. The fourth-order valence-electron chi connectivity index (χ4n) is 6.31. The highest BCUT2D eigenvalue weighted by molar-refractivity contribution is 5.87. The minimum absolute atomic E-state index is 0.0439. The Morgan fingerprint density at radius 2 is 2.00 bits per heavy atom. The molecule has 0 radical (unpaired) electrons. The van der Waals surface area contributed by atoms with Crippen molar-refractivity contribution in [2.75, 3.05) is 0 Å². The standard InChI is InChI=1S/C23H35NO3/c1-6-21(3)13-10-17-16(14-21)8-9-18-22(17,4)11-7-12-23(18,5)20(27)24-15(2)19(25)26/h6,10,15-16,18H,1,7-9,11-14H2,2-5H3,(H,24,27)(H,25,26)/t15-,16?,18?,21+,22+,23-/m1/s1. The van der Waals surface area contributed by atoms with Crippen LogP contribution in [0.3, 0.4) is 0 Å². The van der Waals surface area contributed by atoms with E-state index in [1.807, 2.05) is 0 Å². The Kier molecular flexibility index (Phi) is 5.07. The summed E-state index contributed by atoms with van der Waals surface area (Å²) < 4.78 is 0. The van der Waals surface area contributed by atoms with Crippen LogP contribution in [0.1, 0.15) is 72.6 Å². The number of nitrogens with one attached hydrogen (secondary N) is 1. The van der Waals surface area contributed by atoms with E-state index in [1.54, 1.807) is 12.5 Å². The molecule has 1 amide bonds. The van der Waals surface area contributed by atoms with Gasteiger partial charge >= 0.3 is 5.97 Å². The van der Waals surface area contributed by atoms with Gasteiger partial charge in [0.05, 0.1) is 5.41 Å². The fourth-order valence-corrected chi connectivity index (χ4v) is 6.31. The lowest BCUT2D eigenvalue weighted by Gasteiger charge is -2.58. The number of rotatable bonds is 4. The third-order valence-electron chi connectivity index (χ3n) is 8.06. The van der Waals surface area contributed by atoms with Crippen molar-refractivity contribution in [3.05, 3.63) is 24.3 Å². The average molecular weight is 374 g/mol. The minimum atomic E-state index is -0.979. The Morgan fingerprint density at radius 1 is 1.30 bits per heavy atom. The van der Waals surface area contributed by atoms with Gasteiger partial charge in [0.2, 0.25) is 5.91 Å².